The summed E-state index contributed by atoms with van der Waals surface area (Å²) in [6.07, 6.45) is 7.45. The van der Waals surface area contributed by atoms with E-state index in [0.717, 1.165) is 25.2 Å². The first kappa shape index (κ1) is 15.0. The number of hydrogen-bond acceptors (Lipinski definition) is 5. The molecule has 5 nitrogen and oxygen atoms in total. The number of anilines is 1. The highest BCUT2D eigenvalue weighted by Gasteiger charge is 2.31. The van der Waals surface area contributed by atoms with Gasteiger partial charge in [-0.2, -0.15) is 0 Å². The average molecular weight is 279 g/mol. The first-order valence-electron chi connectivity index (χ1n) is 7.47. The molecule has 1 saturated carbocycles. The molecule has 0 aromatic carbocycles. The summed E-state index contributed by atoms with van der Waals surface area (Å²) in [6.45, 7) is 4.93. The predicted molar refractivity (Wildman–Crippen MR) is 78.9 cm³/mol. The fraction of sp³-hybridized carbons (Fsp3) is 0.733. The van der Waals surface area contributed by atoms with E-state index in [1.807, 2.05) is 19.9 Å². The van der Waals surface area contributed by atoms with Crippen molar-refractivity contribution >= 4 is 5.82 Å². The molecular weight excluding hydrogens is 254 g/mol. The van der Waals surface area contributed by atoms with Crippen LogP contribution in [0.4, 0.5) is 5.82 Å². The Balaban J connectivity index is 1.95. The highest BCUT2D eigenvalue weighted by atomic mass is 16.5. The van der Waals surface area contributed by atoms with Crippen molar-refractivity contribution in [1.82, 2.24) is 9.97 Å². The van der Waals surface area contributed by atoms with Crippen LogP contribution >= 0.6 is 0 Å². The number of nitrogens with zero attached hydrogens (tertiary/aromatic N) is 2. The zero-order valence-electron chi connectivity index (χ0n) is 12.4. The van der Waals surface area contributed by atoms with Gasteiger partial charge in [0.15, 0.2) is 0 Å². The van der Waals surface area contributed by atoms with Crippen molar-refractivity contribution < 1.29 is 9.84 Å². The topological polar surface area (TPSA) is 67.3 Å². The van der Waals surface area contributed by atoms with Gasteiger partial charge in [-0.3, -0.25) is 0 Å². The quantitative estimate of drug-likeness (QED) is 0.838. The maximum Gasteiger partial charge on any atom is 0.218 e. The van der Waals surface area contributed by atoms with Crippen molar-refractivity contribution in [1.29, 1.82) is 0 Å². The first-order valence-corrected chi connectivity index (χ1v) is 7.47. The van der Waals surface area contributed by atoms with Crippen LogP contribution in [-0.4, -0.2) is 34.3 Å². The van der Waals surface area contributed by atoms with E-state index in [4.69, 9.17) is 4.74 Å². The van der Waals surface area contributed by atoms with Gasteiger partial charge < -0.3 is 15.2 Å². The number of ether oxygens (including phenoxy) is 1. The molecule has 112 valence electrons. The maximum atomic E-state index is 9.70. The highest BCUT2D eigenvalue weighted by molar-refractivity contribution is 5.37. The zero-order chi connectivity index (χ0) is 14.4. The number of aliphatic hydroxyl groups is 1. The van der Waals surface area contributed by atoms with Crippen molar-refractivity contribution in [2.24, 2.45) is 5.41 Å². The molecule has 0 spiro atoms. The molecule has 0 saturated heterocycles. The monoisotopic (exact) mass is 279 g/mol. The van der Waals surface area contributed by atoms with Crippen LogP contribution in [0.2, 0.25) is 0 Å². The fourth-order valence-corrected chi connectivity index (χ4v) is 2.71. The third-order valence-electron chi connectivity index (χ3n) is 3.89. The van der Waals surface area contributed by atoms with E-state index in [-0.39, 0.29) is 18.1 Å². The lowest BCUT2D eigenvalue weighted by Gasteiger charge is -2.35. The molecule has 0 unspecified atom stereocenters. The van der Waals surface area contributed by atoms with Gasteiger partial charge in [0.2, 0.25) is 5.88 Å². The van der Waals surface area contributed by atoms with Gasteiger partial charge in [-0.05, 0) is 26.7 Å². The molecule has 0 amide bonds. The molecule has 5 heteroatoms. The first-order chi connectivity index (χ1) is 9.63. The Hall–Kier alpha value is -1.36. The van der Waals surface area contributed by atoms with Crippen LogP contribution in [0.1, 0.15) is 46.0 Å². The minimum absolute atomic E-state index is 0.00225. The largest absolute Gasteiger partial charge is 0.475 e. The van der Waals surface area contributed by atoms with Crippen LogP contribution in [0.3, 0.4) is 0 Å². The molecule has 0 atom stereocenters. The molecule has 1 heterocycles. The second kappa shape index (κ2) is 6.88. The Labute approximate surface area is 120 Å². The van der Waals surface area contributed by atoms with Crippen LogP contribution < -0.4 is 10.1 Å². The number of rotatable bonds is 6. The molecule has 20 heavy (non-hydrogen) atoms. The molecule has 1 fully saturated rings. The van der Waals surface area contributed by atoms with E-state index in [0.29, 0.717) is 5.88 Å². The third-order valence-corrected chi connectivity index (χ3v) is 3.89. The van der Waals surface area contributed by atoms with Gasteiger partial charge in [0.25, 0.3) is 0 Å². The molecule has 0 bridgehead atoms. The van der Waals surface area contributed by atoms with Crippen molar-refractivity contribution in [2.45, 2.75) is 52.1 Å². The molecule has 1 aromatic rings. The Kier molecular flexibility index (Phi) is 5.17. The molecular formula is C15H25N3O2. The predicted octanol–water partition coefficient (Wildman–Crippen LogP) is 2.62. The summed E-state index contributed by atoms with van der Waals surface area (Å²) in [7, 11) is 0. The molecule has 2 N–H and O–H groups in total. The summed E-state index contributed by atoms with van der Waals surface area (Å²) >= 11 is 0. The van der Waals surface area contributed by atoms with E-state index >= 15 is 0 Å². The van der Waals surface area contributed by atoms with Crippen molar-refractivity contribution in [2.75, 3.05) is 18.5 Å². The summed E-state index contributed by atoms with van der Waals surface area (Å²) in [5.74, 6) is 1.34. The van der Waals surface area contributed by atoms with Gasteiger partial charge >= 0.3 is 0 Å². The van der Waals surface area contributed by atoms with Gasteiger partial charge in [-0.15, -0.1) is 0 Å². The van der Waals surface area contributed by atoms with Crippen molar-refractivity contribution in [3.8, 4) is 5.88 Å². The van der Waals surface area contributed by atoms with Gasteiger partial charge in [0.05, 0.1) is 12.7 Å². The van der Waals surface area contributed by atoms with E-state index in [9.17, 15) is 5.11 Å². The summed E-state index contributed by atoms with van der Waals surface area (Å²) in [6, 6.07) is 1.81. The highest BCUT2D eigenvalue weighted by Crippen LogP contribution is 2.35. The van der Waals surface area contributed by atoms with Gasteiger partial charge in [-0.1, -0.05) is 19.3 Å². The lowest BCUT2D eigenvalue weighted by atomic mass is 9.74. The summed E-state index contributed by atoms with van der Waals surface area (Å²) in [5, 5.41) is 13.0. The molecule has 2 rings (SSSR count). The van der Waals surface area contributed by atoms with E-state index in [1.54, 1.807) is 0 Å². The Morgan fingerprint density at radius 1 is 1.30 bits per heavy atom. The normalized spacial score (nSPS) is 18.0. The van der Waals surface area contributed by atoms with Crippen LogP contribution in [-0.2, 0) is 0 Å². The second-order valence-electron chi connectivity index (χ2n) is 5.98. The molecule has 1 aromatic heterocycles. The number of nitrogens with one attached hydrogen (secondary N) is 1. The third kappa shape index (κ3) is 4.07. The van der Waals surface area contributed by atoms with Gasteiger partial charge in [0.1, 0.15) is 12.1 Å². The van der Waals surface area contributed by atoms with Crippen LogP contribution in [0.5, 0.6) is 5.88 Å². The molecule has 0 aliphatic heterocycles. The Bertz CT molecular complexity index is 417. The Morgan fingerprint density at radius 2 is 2.05 bits per heavy atom. The van der Waals surface area contributed by atoms with Crippen molar-refractivity contribution in [3.05, 3.63) is 12.4 Å². The minimum atomic E-state index is 0.00225. The maximum absolute atomic E-state index is 9.70. The van der Waals surface area contributed by atoms with E-state index < -0.39 is 0 Å². The van der Waals surface area contributed by atoms with Crippen LogP contribution in [0.15, 0.2) is 12.4 Å². The average Bonchev–Trinajstić information content (AvgIpc) is 2.46. The van der Waals surface area contributed by atoms with Gasteiger partial charge in [-0.25, -0.2) is 9.97 Å². The standard InChI is InChI=1S/C15H25N3O2/c1-12(2)20-14-8-13(17-11-18-14)16-9-15(10-19)6-4-3-5-7-15/h8,11-12,19H,3-7,9-10H2,1-2H3,(H,16,17,18). The zero-order valence-corrected chi connectivity index (χ0v) is 12.4. The van der Waals surface area contributed by atoms with Crippen molar-refractivity contribution in [3.63, 3.8) is 0 Å². The number of aliphatic hydroxyl groups excluding tert-OH is 1. The number of hydrogen-bond donors (Lipinski definition) is 2. The van der Waals surface area contributed by atoms with Gasteiger partial charge in [0, 0.05) is 18.0 Å². The summed E-state index contributed by atoms with van der Waals surface area (Å²) in [4.78, 5) is 8.30. The van der Waals surface area contributed by atoms with Crippen LogP contribution in [0, 0.1) is 5.41 Å². The molecule has 0 radical (unpaired) electrons. The second-order valence-corrected chi connectivity index (χ2v) is 5.98. The lowest BCUT2D eigenvalue weighted by Crippen LogP contribution is -2.35. The summed E-state index contributed by atoms with van der Waals surface area (Å²) in [5.41, 5.74) is 0.00225. The Morgan fingerprint density at radius 3 is 2.70 bits per heavy atom. The molecule has 1 aliphatic rings. The SMILES string of the molecule is CC(C)Oc1cc(NCC2(CO)CCCCC2)ncn1. The van der Waals surface area contributed by atoms with Crippen LogP contribution in [0.25, 0.3) is 0 Å². The summed E-state index contributed by atoms with van der Waals surface area (Å²) < 4.78 is 5.56. The minimum Gasteiger partial charge on any atom is -0.475 e. The smallest absolute Gasteiger partial charge is 0.218 e. The number of aromatic nitrogens is 2. The fourth-order valence-electron chi connectivity index (χ4n) is 2.71. The van der Waals surface area contributed by atoms with E-state index in [1.165, 1.54) is 25.6 Å². The lowest BCUT2D eigenvalue weighted by molar-refractivity contribution is 0.0943. The van der Waals surface area contributed by atoms with E-state index in [2.05, 4.69) is 15.3 Å². The molecule has 1 aliphatic carbocycles.